The molecule has 0 bridgehead atoms. The number of nitrogens with one attached hydrogen (secondary N) is 1. The third-order valence-corrected chi connectivity index (χ3v) is 2.67. The summed E-state index contributed by atoms with van der Waals surface area (Å²) in [6.45, 7) is 2.40. The van der Waals surface area contributed by atoms with Gasteiger partial charge in [-0.05, 0) is 25.5 Å². The Kier molecular flexibility index (Phi) is 4.95. The van der Waals surface area contributed by atoms with Gasteiger partial charge in [-0.15, -0.1) is 0 Å². The van der Waals surface area contributed by atoms with Gasteiger partial charge in [-0.1, -0.05) is 18.2 Å². The summed E-state index contributed by atoms with van der Waals surface area (Å²) in [4.78, 5) is 23.2. The van der Waals surface area contributed by atoms with Crippen molar-refractivity contribution in [2.24, 2.45) is 0 Å². The van der Waals surface area contributed by atoms with Crippen LogP contribution in [0.25, 0.3) is 0 Å². The molecule has 8 heteroatoms. The Bertz CT molecular complexity index is 544. The van der Waals surface area contributed by atoms with Gasteiger partial charge < -0.3 is 15.2 Å². The molecule has 0 fully saturated rings. The van der Waals surface area contributed by atoms with Crippen molar-refractivity contribution < 1.29 is 32.6 Å². The monoisotopic (exact) mass is 305 g/mol. The Hall–Kier alpha value is -2.09. The average Bonchev–Trinajstić information content (AvgIpc) is 2.37. The van der Waals surface area contributed by atoms with Crippen LogP contribution in [-0.2, 0) is 9.53 Å². The molecule has 0 aromatic heterocycles. The van der Waals surface area contributed by atoms with Crippen molar-refractivity contribution in [3.8, 4) is 0 Å². The normalized spacial score (nSPS) is 14.2. The fraction of sp³-hybridized carbons (Fsp3) is 0.385. The first kappa shape index (κ1) is 17.0. The molecule has 1 atom stereocenters. The van der Waals surface area contributed by atoms with E-state index in [0.717, 1.165) is 0 Å². The smallest absolute Gasteiger partial charge is 0.448 e. The van der Waals surface area contributed by atoms with Crippen LogP contribution < -0.4 is 5.32 Å². The highest BCUT2D eigenvalue weighted by molar-refractivity contribution is 5.98. The van der Waals surface area contributed by atoms with E-state index in [4.69, 9.17) is 0 Å². The standard InChI is InChI=1S/C13H14F3NO4/c1-3-21-11(19)12(20,13(14,15)16)17-10(18)9-7-5-4-6-8(9)2/h4-7,20H,3H2,1-2H3,(H,17,18)/t12-/m0/s1. The first-order chi connectivity index (χ1) is 9.63. The number of aryl methyl sites for hydroxylation is 1. The van der Waals surface area contributed by atoms with Crippen molar-refractivity contribution in [3.63, 3.8) is 0 Å². The zero-order valence-electron chi connectivity index (χ0n) is 11.3. The third kappa shape index (κ3) is 3.52. The molecule has 5 nitrogen and oxygen atoms in total. The molecule has 21 heavy (non-hydrogen) atoms. The van der Waals surface area contributed by atoms with Gasteiger partial charge in [-0.2, -0.15) is 13.2 Å². The number of carbonyl (C=O) groups excluding carboxylic acids is 2. The number of carbonyl (C=O) groups is 2. The van der Waals surface area contributed by atoms with E-state index in [-0.39, 0.29) is 12.2 Å². The molecule has 0 aliphatic heterocycles. The molecule has 116 valence electrons. The quantitative estimate of drug-likeness (QED) is 0.653. The molecule has 0 aliphatic rings. The maximum Gasteiger partial charge on any atom is 0.448 e. The molecule has 2 N–H and O–H groups in total. The second-order valence-electron chi connectivity index (χ2n) is 4.20. The van der Waals surface area contributed by atoms with E-state index >= 15 is 0 Å². The van der Waals surface area contributed by atoms with Gasteiger partial charge in [-0.3, -0.25) is 4.79 Å². The van der Waals surface area contributed by atoms with Crippen LogP contribution in [-0.4, -0.2) is 35.5 Å². The van der Waals surface area contributed by atoms with Gasteiger partial charge in [0.2, 0.25) is 0 Å². The van der Waals surface area contributed by atoms with Crippen LogP contribution in [0.5, 0.6) is 0 Å². The first-order valence-electron chi connectivity index (χ1n) is 5.98. The largest absolute Gasteiger partial charge is 0.462 e. The topological polar surface area (TPSA) is 75.6 Å². The summed E-state index contributed by atoms with van der Waals surface area (Å²) in [6, 6.07) is 5.81. The highest BCUT2D eigenvalue weighted by Crippen LogP contribution is 2.30. The number of amides is 1. The fourth-order valence-corrected chi connectivity index (χ4v) is 1.53. The number of hydrogen-bond donors (Lipinski definition) is 2. The summed E-state index contributed by atoms with van der Waals surface area (Å²) in [5.74, 6) is -3.22. The lowest BCUT2D eigenvalue weighted by atomic mass is 10.1. The zero-order valence-corrected chi connectivity index (χ0v) is 11.3. The Balaban J connectivity index is 3.11. The summed E-state index contributed by atoms with van der Waals surface area (Å²) in [7, 11) is 0. The average molecular weight is 305 g/mol. The molecule has 0 aliphatic carbocycles. The van der Waals surface area contributed by atoms with Crippen molar-refractivity contribution >= 4 is 11.9 Å². The van der Waals surface area contributed by atoms with E-state index in [1.165, 1.54) is 37.4 Å². The van der Waals surface area contributed by atoms with E-state index in [2.05, 4.69) is 4.74 Å². The highest BCUT2D eigenvalue weighted by atomic mass is 19.4. The van der Waals surface area contributed by atoms with Crippen LogP contribution in [0, 0.1) is 6.92 Å². The molecule has 0 saturated carbocycles. The molecular weight excluding hydrogens is 291 g/mol. The lowest BCUT2D eigenvalue weighted by molar-refractivity contribution is -0.269. The number of halogens is 3. The number of alkyl halides is 3. The number of esters is 1. The van der Waals surface area contributed by atoms with Gasteiger partial charge in [0.15, 0.2) is 0 Å². The number of benzene rings is 1. The van der Waals surface area contributed by atoms with Gasteiger partial charge in [0.1, 0.15) is 0 Å². The Morgan fingerprint density at radius 3 is 2.33 bits per heavy atom. The molecule has 0 spiro atoms. The van der Waals surface area contributed by atoms with Crippen LogP contribution in [0.1, 0.15) is 22.8 Å². The number of aliphatic hydroxyl groups is 1. The predicted octanol–water partition coefficient (Wildman–Crippen LogP) is 1.54. The van der Waals surface area contributed by atoms with E-state index in [0.29, 0.717) is 5.56 Å². The number of rotatable bonds is 4. The lowest BCUT2D eigenvalue weighted by Gasteiger charge is -2.28. The van der Waals surface area contributed by atoms with Crippen molar-refractivity contribution in [1.29, 1.82) is 0 Å². The molecule has 1 aromatic rings. The summed E-state index contributed by atoms with van der Waals surface area (Å²) in [6.07, 6.45) is -5.42. The predicted molar refractivity (Wildman–Crippen MR) is 66.3 cm³/mol. The van der Waals surface area contributed by atoms with Gasteiger partial charge in [-0.25, -0.2) is 4.79 Å². The van der Waals surface area contributed by atoms with Crippen LogP contribution in [0.4, 0.5) is 13.2 Å². The fourth-order valence-electron chi connectivity index (χ4n) is 1.53. The van der Waals surface area contributed by atoms with Crippen LogP contribution in [0.2, 0.25) is 0 Å². The first-order valence-corrected chi connectivity index (χ1v) is 5.98. The molecule has 1 rings (SSSR count). The Morgan fingerprint density at radius 1 is 1.29 bits per heavy atom. The van der Waals surface area contributed by atoms with Crippen molar-refractivity contribution in [1.82, 2.24) is 5.32 Å². The van der Waals surface area contributed by atoms with Crippen molar-refractivity contribution in [2.45, 2.75) is 25.7 Å². The maximum absolute atomic E-state index is 12.9. The summed E-state index contributed by atoms with van der Waals surface area (Å²) >= 11 is 0. The molecule has 1 aromatic carbocycles. The van der Waals surface area contributed by atoms with Crippen molar-refractivity contribution in [2.75, 3.05) is 6.61 Å². The van der Waals surface area contributed by atoms with E-state index in [1.807, 2.05) is 0 Å². The van der Waals surface area contributed by atoms with Crippen LogP contribution >= 0.6 is 0 Å². The van der Waals surface area contributed by atoms with E-state index in [1.54, 1.807) is 6.07 Å². The zero-order chi connectivity index (χ0) is 16.3. The summed E-state index contributed by atoms with van der Waals surface area (Å²) in [5.41, 5.74) is -3.80. The molecule has 0 radical (unpaired) electrons. The SMILES string of the molecule is CCOC(=O)[C@@](O)(NC(=O)c1ccccc1C)C(F)(F)F. The van der Waals surface area contributed by atoms with Gasteiger partial charge in [0.05, 0.1) is 6.61 Å². The minimum atomic E-state index is -5.42. The Morgan fingerprint density at radius 2 is 1.86 bits per heavy atom. The highest BCUT2D eigenvalue weighted by Gasteiger charge is 2.62. The van der Waals surface area contributed by atoms with Crippen LogP contribution in [0.3, 0.4) is 0 Å². The molecule has 1 amide bonds. The molecular formula is C13H14F3NO4. The molecule has 0 saturated heterocycles. The lowest BCUT2D eigenvalue weighted by Crippen LogP contribution is -2.64. The Labute approximate surface area is 118 Å². The third-order valence-electron chi connectivity index (χ3n) is 2.67. The van der Waals surface area contributed by atoms with Gasteiger partial charge in [0.25, 0.3) is 5.91 Å². The summed E-state index contributed by atoms with van der Waals surface area (Å²) < 4.78 is 42.8. The van der Waals surface area contributed by atoms with Gasteiger partial charge >= 0.3 is 17.9 Å². The van der Waals surface area contributed by atoms with E-state index in [9.17, 15) is 27.9 Å². The number of hydrogen-bond acceptors (Lipinski definition) is 4. The second kappa shape index (κ2) is 6.13. The second-order valence-corrected chi connectivity index (χ2v) is 4.20. The van der Waals surface area contributed by atoms with Gasteiger partial charge in [0, 0.05) is 5.56 Å². The minimum absolute atomic E-state index is 0.0931. The minimum Gasteiger partial charge on any atom is -0.462 e. The molecule has 0 heterocycles. The molecule has 0 unspecified atom stereocenters. The van der Waals surface area contributed by atoms with Crippen molar-refractivity contribution in [3.05, 3.63) is 35.4 Å². The summed E-state index contributed by atoms with van der Waals surface area (Å²) in [5, 5.41) is 10.8. The number of ether oxygens (including phenoxy) is 1. The maximum atomic E-state index is 12.9. The van der Waals surface area contributed by atoms with E-state index < -0.39 is 23.8 Å². The van der Waals surface area contributed by atoms with Crippen LogP contribution in [0.15, 0.2) is 24.3 Å².